The molecule has 2 N–H and O–H groups in total. The average molecular weight is 276 g/mol. The van der Waals surface area contributed by atoms with Gasteiger partial charge < -0.3 is 10.6 Å². The molecule has 19 heavy (non-hydrogen) atoms. The standard InChI is InChI=1S/C12H19F3N4/c1-4-5-10-17-9(16)6-11(18-10)19(8(2)3)7-12(13,14)15/h6,8H,4-5,7H2,1-3H3,(H2,16,17,18). The number of nitrogen functional groups attached to an aromatic ring is 1. The second-order valence-electron chi connectivity index (χ2n) is 4.65. The number of hydrogen-bond donors (Lipinski definition) is 1. The zero-order valence-electron chi connectivity index (χ0n) is 11.3. The topological polar surface area (TPSA) is 55.0 Å². The van der Waals surface area contributed by atoms with E-state index in [1.165, 1.54) is 11.0 Å². The lowest BCUT2D eigenvalue weighted by Crippen LogP contribution is -2.39. The van der Waals surface area contributed by atoms with Crippen molar-refractivity contribution in [3.05, 3.63) is 11.9 Å². The van der Waals surface area contributed by atoms with Gasteiger partial charge >= 0.3 is 6.18 Å². The maximum absolute atomic E-state index is 12.6. The van der Waals surface area contributed by atoms with Crippen molar-refractivity contribution >= 4 is 11.6 Å². The average Bonchev–Trinajstić information content (AvgIpc) is 2.24. The molecule has 0 saturated carbocycles. The molecule has 0 radical (unpaired) electrons. The van der Waals surface area contributed by atoms with Crippen LogP contribution in [0.3, 0.4) is 0 Å². The number of aryl methyl sites for hydroxylation is 1. The normalized spacial score (nSPS) is 11.9. The van der Waals surface area contributed by atoms with Crippen LogP contribution in [0.15, 0.2) is 6.07 Å². The molecule has 0 spiro atoms. The molecule has 0 aliphatic carbocycles. The first-order chi connectivity index (χ1) is 8.73. The molecule has 1 aromatic rings. The number of alkyl halides is 3. The second-order valence-corrected chi connectivity index (χ2v) is 4.65. The molecule has 0 atom stereocenters. The zero-order chi connectivity index (χ0) is 14.6. The molecule has 0 aliphatic heterocycles. The summed E-state index contributed by atoms with van der Waals surface area (Å²) >= 11 is 0. The lowest BCUT2D eigenvalue weighted by atomic mass is 10.3. The minimum atomic E-state index is -4.28. The monoisotopic (exact) mass is 276 g/mol. The fraction of sp³-hybridized carbons (Fsp3) is 0.667. The lowest BCUT2D eigenvalue weighted by Gasteiger charge is -2.29. The summed E-state index contributed by atoms with van der Waals surface area (Å²) in [5, 5.41) is 0. The summed E-state index contributed by atoms with van der Waals surface area (Å²) < 4.78 is 37.8. The van der Waals surface area contributed by atoms with Gasteiger partial charge in [-0.25, -0.2) is 9.97 Å². The van der Waals surface area contributed by atoms with E-state index in [1.54, 1.807) is 13.8 Å². The molecule has 1 aromatic heterocycles. The third-order valence-corrected chi connectivity index (χ3v) is 2.52. The number of rotatable bonds is 5. The molecule has 0 amide bonds. The van der Waals surface area contributed by atoms with E-state index in [4.69, 9.17) is 5.73 Å². The largest absolute Gasteiger partial charge is 0.405 e. The Hall–Kier alpha value is -1.53. The SMILES string of the molecule is CCCc1nc(N)cc(N(CC(F)(F)F)C(C)C)n1. The van der Waals surface area contributed by atoms with Gasteiger partial charge in [0.05, 0.1) is 0 Å². The van der Waals surface area contributed by atoms with Gasteiger partial charge in [0, 0.05) is 18.5 Å². The lowest BCUT2D eigenvalue weighted by molar-refractivity contribution is -0.120. The predicted octanol–water partition coefficient (Wildman–Crippen LogP) is 2.79. The number of aromatic nitrogens is 2. The molecule has 0 aromatic carbocycles. The van der Waals surface area contributed by atoms with Gasteiger partial charge in [-0.1, -0.05) is 6.92 Å². The Morgan fingerprint density at radius 2 is 1.95 bits per heavy atom. The first-order valence-corrected chi connectivity index (χ1v) is 6.19. The Morgan fingerprint density at radius 1 is 1.32 bits per heavy atom. The summed E-state index contributed by atoms with van der Waals surface area (Å²) in [4.78, 5) is 9.36. The Labute approximate surface area is 110 Å². The Bertz CT molecular complexity index is 418. The van der Waals surface area contributed by atoms with E-state index in [0.717, 1.165) is 6.42 Å². The van der Waals surface area contributed by atoms with Crippen molar-refractivity contribution in [1.82, 2.24) is 9.97 Å². The van der Waals surface area contributed by atoms with E-state index < -0.39 is 12.7 Å². The number of nitrogens with zero attached hydrogens (tertiary/aromatic N) is 3. The highest BCUT2D eigenvalue weighted by Crippen LogP contribution is 2.24. The maximum atomic E-state index is 12.6. The molecule has 0 saturated heterocycles. The highest BCUT2D eigenvalue weighted by molar-refractivity contribution is 5.47. The highest BCUT2D eigenvalue weighted by Gasteiger charge is 2.32. The highest BCUT2D eigenvalue weighted by atomic mass is 19.4. The minimum absolute atomic E-state index is 0.196. The number of halogens is 3. The molecule has 1 heterocycles. The van der Waals surface area contributed by atoms with Crippen LogP contribution in [0, 0.1) is 0 Å². The minimum Gasteiger partial charge on any atom is -0.384 e. The molecule has 4 nitrogen and oxygen atoms in total. The maximum Gasteiger partial charge on any atom is 0.405 e. The number of anilines is 2. The molecule has 108 valence electrons. The van der Waals surface area contributed by atoms with Crippen molar-refractivity contribution in [2.45, 2.75) is 45.8 Å². The third-order valence-electron chi connectivity index (χ3n) is 2.52. The second kappa shape index (κ2) is 6.08. The molecular weight excluding hydrogens is 257 g/mol. The van der Waals surface area contributed by atoms with Crippen LogP contribution < -0.4 is 10.6 Å². The summed E-state index contributed by atoms with van der Waals surface area (Å²) in [6.07, 6.45) is -2.88. The van der Waals surface area contributed by atoms with E-state index >= 15 is 0 Å². The van der Waals surface area contributed by atoms with Crippen molar-refractivity contribution in [2.24, 2.45) is 0 Å². The van der Waals surface area contributed by atoms with Gasteiger partial charge in [0.1, 0.15) is 24.0 Å². The van der Waals surface area contributed by atoms with Gasteiger partial charge in [-0.15, -0.1) is 0 Å². The van der Waals surface area contributed by atoms with E-state index in [-0.39, 0.29) is 17.7 Å². The number of hydrogen-bond acceptors (Lipinski definition) is 4. The smallest absolute Gasteiger partial charge is 0.384 e. The van der Waals surface area contributed by atoms with Crippen LogP contribution >= 0.6 is 0 Å². The number of nitrogens with two attached hydrogens (primary N) is 1. The Morgan fingerprint density at radius 3 is 2.42 bits per heavy atom. The van der Waals surface area contributed by atoms with Crippen LogP contribution in [0.1, 0.15) is 33.0 Å². The van der Waals surface area contributed by atoms with Gasteiger partial charge in [0.2, 0.25) is 0 Å². The molecular formula is C12H19F3N4. The third kappa shape index (κ3) is 4.92. The zero-order valence-corrected chi connectivity index (χ0v) is 11.3. The summed E-state index contributed by atoms with van der Waals surface area (Å²) in [5.74, 6) is 0.898. The van der Waals surface area contributed by atoms with Crippen molar-refractivity contribution in [2.75, 3.05) is 17.2 Å². The van der Waals surface area contributed by atoms with E-state index in [1.807, 2.05) is 6.92 Å². The summed E-state index contributed by atoms with van der Waals surface area (Å²) in [6.45, 7) is 4.27. The first-order valence-electron chi connectivity index (χ1n) is 6.19. The van der Waals surface area contributed by atoms with Crippen LogP contribution in [0.2, 0.25) is 0 Å². The van der Waals surface area contributed by atoms with Crippen molar-refractivity contribution in [1.29, 1.82) is 0 Å². The van der Waals surface area contributed by atoms with Crippen molar-refractivity contribution < 1.29 is 13.2 Å². The van der Waals surface area contributed by atoms with Gasteiger partial charge in [-0.3, -0.25) is 0 Å². The van der Waals surface area contributed by atoms with Crippen LogP contribution in [0.25, 0.3) is 0 Å². The molecule has 1 rings (SSSR count). The van der Waals surface area contributed by atoms with Gasteiger partial charge in [0.25, 0.3) is 0 Å². The van der Waals surface area contributed by atoms with Crippen molar-refractivity contribution in [3.63, 3.8) is 0 Å². The van der Waals surface area contributed by atoms with Gasteiger partial charge in [-0.2, -0.15) is 13.2 Å². The van der Waals surface area contributed by atoms with E-state index in [2.05, 4.69) is 9.97 Å². The molecule has 7 heteroatoms. The van der Waals surface area contributed by atoms with Crippen LogP contribution in [-0.2, 0) is 6.42 Å². The van der Waals surface area contributed by atoms with Crippen molar-refractivity contribution in [3.8, 4) is 0 Å². The molecule has 0 bridgehead atoms. The van der Waals surface area contributed by atoms with Gasteiger partial charge in [-0.05, 0) is 20.3 Å². The van der Waals surface area contributed by atoms with Crippen LogP contribution in [0.4, 0.5) is 24.8 Å². The Balaban J connectivity index is 3.08. The first kappa shape index (κ1) is 15.5. The fourth-order valence-corrected chi connectivity index (χ4v) is 1.71. The van der Waals surface area contributed by atoms with E-state index in [9.17, 15) is 13.2 Å². The van der Waals surface area contributed by atoms with Gasteiger partial charge in [0.15, 0.2) is 0 Å². The van der Waals surface area contributed by atoms with Crippen LogP contribution in [0.5, 0.6) is 0 Å². The fourth-order valence-electron chi connectivity index (χ4n) is 1.71. The molecule has 0 unspecified atom stereocenters. The summed E-state index contributed by atoms with van der Waals surface area (Å²) in [6, 6.07) is 1.05. The van der Waals surface area contributed by atoms with E-state index in [0.29, 0.717) is 12.2 Å². The molecule has 0 aliphatic rings. The summed E-state index contributed by atoms with van der Waals surface area (Å²) in [5.41, 5.74) is 5.63. The quantitative estimate of drug-likeness (QED) is 0.898. The van der Waals surface area contributed by atoms with Crippen LogP contribution in [-0.4, -0.2) is 28.7 Å². The Kier molecular flexibility index (Phi) is 4.97. The predicted molar refractivity (Wildman–Crippen MR) is 69.0 cm³/mol. The molecule has 0 fully saturated rings. The summed E-state index contributed by atoms with van der Waals surface area (Å²) in [7, 11) is 0.